The molecule has 1 atom stereocenters. The van der Waals surface area contributed by atoms with Crippen molar-refractivity contribution >= 4 is 29.2 Å². The fourth-order valence-corrected chi connectivity index (χ4v) is 4.08. The molecule has 3 N–H and O–H groups in total. The van der Waals surface area contributed by atoms with Crippen LogP contribution >= 0.6 is 23.2 Å². The Morgan fingerprint density at radius 1 is 0.968 bits per heavy atom. The highest BCUT2D eigenvalue weighted by Gasteiger charge is 2.57. The van der Waals surface area contributed by atoms with Gasteiger partial charge in [-0.25, -0.2) is 4.79 Å². The molecule has 0 spiro atoms. The third kappa shape index (κ3) is 4.61. The maximum Gasteiger partial charge on any atom is 0.357 e. The molecule has 162 valence electrons. The Hall–Kier alpha value is -2.41. The summed E-state index contributed by atoms with van der Waals surface area (Å²) in [5.74, 6) is -1.02. The van der Waals surface area contributed by atoms with Gasteiger partial charge in [-0.1, -0.05) is 89.9 Å². The van der Waals surface area contributed by atoms with Crippen LogP contribution in [-0.2, 0) is 26.3 Å². The number of aliphatic hydroxyl groups is 1. The Labute approximate surface area is 191 Å². The second-order valence-electron chi connectivity index (χ2n) is 7.01. The van der Waals surface area contributed by atoms with Crippen LogP contribution in [0.3, 0.4) is 0 Å². The summed E-state index contributed by atoms with van der Waals surface area (Å²) in [4.78, 5) is 13.0. The molecule has 0 unspecified atom stereocenters. The van der Waals surface area contributed by atoms with E-state index < -0.39 is 17.3 Å². The molecule has 0 bridgehead atoms. The Morgan fingerprint density at radius 2 is 1.52 bits per heavy atom. The highest BCUT2D eigenvalue weighted by molar-refractivity contribution is 6.35. The van der Waals surface area contributed by atoms with Crippen LogP contribution in [0, 0.1) is 0 Å². The van der Waals surface area contributed by atoms with Gasteiger partial charge in [0.2, 0.25) is 0 Å². The number of methoxy groups -OCH3 is 1. The largest absolute Gasteiger partial charge is 0.462 e. The van der Waals surface area contributed by atoms with Gasteiger partial charge in [0.1, 0.15) is 0 Å². The number of hydrogen-bond donors (Lipinski definition) is 2. The van der Waals surface area contributed by atoms with Crippen molar-refractivity contribution in [1.82, 2.24) is 0 Å². The molecule has 3 aromatic carbocycles. The summed E-state index contributed by atoms with van der Waals surface area (Å²) < 4.78 is 11.1. The Bertz CT molecular complexity index is 987. The van der Waals surface area contributed by atoms with Gasteiger partial charge in [0.05, 0.1) is 6.61 Å². The van der Waals surface area contributed by atoms with Crippen LogP contribution in [0.15, 0.2) is 78.9 Å². The lowest BCUT2D eigenvalue weighted by molar-refractivity contribution is -0.197. The van der Waals surface area contributed by atoms with Gasteiger partial charge < -0.3 is 14.6 Å². The van der Waals surface area contributed by atoms with Crippen LogP contribution in [0.5, 0.6) is 0 Å². The molecule has 7 heteroatoms. The van der Waals surface area contributed by atoms with Gasteiger partial charge in [0, 0.05) is 23.6 Å². The van der Waals surface area contributed by atoms with Gasteiger partial charge in [-0.3, -0.25) is 5.73 Å². The van der Waals surface area contributed by atoms with Crippen LogP contribution in [0.4, 0.5) is 0 Å². The van der Waals surface area contributed by atoms with Gasteiger partial charge in [-0.05, 0) is 28.8 Å². The molecular weight excluding hydrogens is 437 g/mol. The van der Waals surface area contributed by atoms with Crippen molar-refractivity contribution in [3.8, 4) is 0 Å². The topological polar surface area (TPSA) is 81.8 Å². The van der Waals surface area contributed by atoms with E-state index in [9.17, 15) is 9.90 Å². The van der Waals surface area contributed by atoms with Crippen molar-refractivity contribution in [2.75, 3.05) is 13.7 Å². The first-order chi connectivity index (χ1) is 14.8. The average Bonchev–Trinajstić information content (AvgIpc) is 2.77. The van der Waals surface area contributed by atoms with E-state index in [0.29, 0.717) is 27.6 Å². The van der Waals surface area contributed by atoms with E-state index in [-0.39, 0.29) is 6.61 Å². The maximum absolute atomic E-state index is 13.0. The molecular formula is C24H23Cl2NO4. The van der Waals surface area contributed by atoms with Crippen LogP contribution in [0.1, 0.15) is 16.7 Å². The third-order valence-electron chi connectivity index (χ3n) is 5.13. The first-order valence-electron chi connectivity index (χ1n) is 9.61. The monoisotopic (exact) mass is 459 g/mol. The summed E-state index contributed by atoms with van der Waals surface area (Å²) in [6.07, 6.45) is 0.328. The van der Waals surface area contributed by atoms with E-state index in [2.05, 4.69) is 0 Å². The molecule has 0 aliphatic rings. The predicted octanol–water partition coefficient (Wildman–Crippen LogP) is 4.32. The zero-order chi connectivity index (χ0) is 22.5. The average molecular weight is 460 g/mol. The number of benzene rings is 3. The van der Waals surface area contributed by atoms with Gasteiger partial charge in [-0.15, -0.1) is 0 Å². The SMILES string of the molecule is COC(c1ccccc1)(c1ccccc1)[C@](N)(O)C(=O)OCCc1ccc(Cl)cc1Cl. The molecule has 0 aliphatic heterocycles. The van der Waals surface area contributed by atoms with Crippen molar-refractivity contribution in [3.63, 3.8) is 0 Å². The van der Waals surface area contributed by atoms with Crippen molar-refractivity contribution < 1.29 is 19.4 Å². The Balaban J connectivity index is 1.90. The molecule has 0 aromatic heterocycles. The Kier molecular flexibility index (Phi) is 7.36. The first-order valence-corrected chi connectivity index (χ1v) is 10.4. The number of nitrogens with two attached hydrogens (primary N) is 1. The minimum absolute atomic E-state index is 0.0386. The highest BCUT2D eigenvalue weighted by Crippen LogP contribution is 2.41. The van der Waals surface area contributed by atoms with E-state index in [4.69, 9.17) is 38.4 Å². The van der Waals surface area contributed by atoms with E-state index in [1.54, 1.807) is 66.7 Å². The van der Waals surface area contributed by atoms with E-state index in [1.165, 1.54) is 7.11 Å². The molecule has 0 aliphatic carbocycles. The fourth-order valence-electron chi connectivity index (χ4n) is 3.58. The fraction of sp³-hybridized carbons (Fsp3) is 0.208. The highest BCUT2D eigenvalue weighted by atomic mass is 35.5. The lowest BCUT2D eigenvalue weighted by atomic mass is 9.77. The summed E-state index contributed by atoms with van der Waals surface area (Å²) in [7, 11) is 1.39. The van der Waals surface area contributed by atoms with Gasteiger partial charge in [-0.2, -0.15) is 0 Å². The summed E-state index contributed by atoms with van der Waals surface area (Å²) >= 11 is 12.1. The molecule has 31 heavy (non-hydrogen) atoms. The second kappa shape index (κ2) is 9.81. The molecule has 5 nitrogen and oxygen atoms in total. The standard InChI is InChI=1S/C24H23Cl2NO4/c1-30-23(18-8-4-2-5-9-18,19-10-6-3-7-11-19)24(27,29)22(28)31-15-14-17-12-13-20(25)16-21(17)26/h2-13,16,29H,14-15,27H2,1H3/t24-/m1/s1. The summed E-state index contributed by atoms with van der Waals surface area (Å²) in [6.45, 7) is -0.0386. The normalized spacial score (nSPS) is 13.5. The molecule has 3 aromatic rings. The van der Waals surface area contributed by atoms with Gasteiger partial charge in [0.25, 0.3) is 5.72 Å². The number of ether oxygens (including phenoxy) is 2. The van der Waals surface area contributed by atoms with Crippen LogP contribution in [0.2, 0.25) is 10.0 Å². The van der Waals surface area contributed by atoms with Crippen LogP contribution in [-0.4, -0.2) is 30.5 Å². The quantitative estimate of drug-likeness (QED) is 0.387. The van der Waals surface area contributed by atoms with Crippen molar-refractivity contribution in [1.29, 1.82) is 0 Å². The summed E-state index contributed by atoms with van der Waals surface area (Å²) in [5.41, 5.74) is 3.81. The van der Waals surface area contributed by atoms with Gasteiger partial charge in [0.15, 0.2) is 5.60 Å². The molecule has 0 saturated carbocycles. The lowest BCUT2D eigenvalue weighted by Gasteiger charge is -2.42. The predicted molar refractivity (Wildman–Crippen MR) is 121 cm³/mol. The molecule has 0 fully saturated rings. The number of carbonyl (C=O) groups is 1. The number of hydrogen-bond acceptors (Lipinski definition) is 5. The smallest absolute Gasteiger partial charge is 0.357 e. The third-order valence-corrected chi connectivity index (χ3v) is 5.72. The Morgan fingerprint density at radius 3 is 2.00 bits per heavy atom. The maximum atomic E-state index is 13.0. The summed E-state index contributed by atoms with van der Waals surface area (Å²) in [5, 5.41) is 12.3. The first kappa shape index (κ1) is 23.3. The molecule has 0 heterocycles. The van der Waals surface area contributed by atoms with E-state index in [0.717, 1.165) is 5.56 Å². The van der Waals surface area contributed by atoms with Crippen molar-refractivity contribution in [2.24, 2.45) is 5.73 Å². The van der Waals surface area contributed by atoms with Crippen molar-refractivity contribution in [3.05, 3.63) is 106 Å². The molecule has 0 radical (unpaired) electrons. The zero-order valence-electron chi connectivity index (χ0n) is 16.9. The van der Waals surface area contributed by atoms with Crippen LogP contribution in [0.25, 0.3) is 0 Å². The van der Waals surface area contributed by atoms with Crippen molar-refractivity contribution in [2.45, 2.75) is 17.7 Å². The summed E-state index contributed by atoms with van der Waals surface area (Å²) in [6, 6.07) is 22.7. The number of esters is 1. The minimum Gasteiger partial charge on any atom is -0.462 e. The number of carbonyl (C=O) groups excluding carboxylic acids is 1. The minimum atomic E-state index is -2.52. The molecule has 0 amide bonds. The number of rotatable bonds is 8. The molecule has 0 saturated heterocycles. The zero-order valence-corrected chi connectivity index (χ0v) is 18.4. The second-order valence-corrected chi connectivity index (χ2v) is 7.85. The van der Waals surface area contributed by atoms with E-state index >= 15 is 0 Å². The van der Waals surface area contributed by atoms with E-state index in [1.807, 2.05) is 12.1 Å². The van der Waals surface area contributed by atoms with Crippen LogP contribution < -0.4 is 5.73 Å². The van der Waals surface area contributed by atoms with Gasteiger partial charge >= 0.3 is 5.97 Å². The molecule has 3 rings (SSSR count). The lowest BCUT2D eigenvalue weighted by Crippen LogP contribution is -2.65. The number of halogens is 2.